The highest BCUT2D eigenvalue weighted by atomic mass is 32.1. The number of methoxy groups -OCH3 is 1. The molecule has 0 radical (unpaired) electrons. The van der Waals surface area contributed by atoms with Crippen molar-refractivity contribution in [1.29, 1.82) is 0 Å². The number of hydrogen-bond donors (Lipinski definition) is 3. The Hall–Kier alpha value is -3.13. The zero-order valence-electron chi connectivity index (χ0n) is 15.6. The number of thiocarbonyl (C=S) groups is 1. The molecule has 0 unspecified atom stereocenters. The molecule has 0 aromatic heterocycles. The summed E-state index contributed by atoms with van der Waals surface area (Å²) in [5.41, 5.74) is 6.59. The number of rotatable bonds is 8. The van der Waals surface area contributed by atoms with Crippen LogP contribution in [0.2, 0.25) is 0 Å². The number of amides is 1. The summed E-state index contributed by atoms with van der Waals surface area (Å²) < 4.78 is 10.2. The zero-order valence-corrected chi connectivity index (χ0v) is 16.4. The van der Waals surface area contributed by atoms with Gasteiger partial charge in [0.1, 0.15) is 12.4 Å². The van der Waals surface area contributed by atoms with E-state index in [1.807, 2.05) is 42.5 Å². The SMILES string of the molecule is COC(=O)CCCNC(=S)NNC(=O)c1ccc(COc2ccccc2)cc1. The summed E-state index contributed by atoms with van der Waals surface area (Å²) in [6, 6.07) is 16.6. The number of benzene rings is 2. The van der Waals surface area contributed by atoms with Crippen molar-refractivity contribution in [3.05, 3.63) is 65.7 Å². The van der Waals surface area contributed by atoms with Crippen molar-refractivity contribution < 1.29 is 19.1 Å². The van der Waals surface area contributed by atoms with Crippen molar-refractivity contribution in [3.63, 3.8) is 0 Å². The molecule has 0 aliphatic carbocycles. The highest BCUT2D eigenvalue weighted by molar-refractivity contribution is 7.80. The molecule has 2 rings (SSSR count). The zero-order chi connectivity index (χ0) is 20.2. The van der Waals surface area contributed by atoms with Gasteiger partial charge in [-0.25, -0.2) is 0 Å². The van der Waals surface area contributed by atoms with Gasteiger partial charge in [-0.3, -0.25) is 20.4 Å². The number of hydrazine groups is 1. The molecule has 0 fully saturated rings. The van der Waals surface area contributed by atoms with E-state index in [4.69, 9.17) is 17.0 Å². The highest BCUT2D eigenvalue weighted by Gasteiger charge is 2.06. The Balaban J connectivity index is 1.69. The summed E-state index contributed by atoms with van der Waals surface area (Å²) in [6.45, 7) is 0.913. The smallest absolute Gasteiger partial charge is 0.305 e. The van der Waals surface area contributed by atoms with Gasteiger partial charge in [-0.15, -0.1) is 0 Å². The van der Waals surface area contributed by atoms with Crippen LogP contribution in [-0.2, 0) is 16.1 Å². The number of carbonyl (C=O) groups is 2. The topological polar surface area (TPSA) is 88.7 Å². The van der Waals surface area contributed by atoms with E-state index >= 15 is 0 Å². The summed E-state index contributed by atoms with van der Waals surface area (Å²) in [5, 5.41) is 3.16. The summed E-state index contributed by atoms with van der Waals surface area (Å²) in [7, 11) is 1.35. The maximum Gasteiger partial charge on any atom is 0.305 e. The molecule has 0 atom stereocenters. The number of esters is 1. The van der Waals surface area contributed by atoms with E-state index in [-0.39, 0.29) is 17.0 Å². The van der Waals surface area contributed by atoms with Crippen molar-refractivity contribution in [2.24, 2.45) is 0 Å². The number of nitrogens with one attached hydrogen (secondary N) is 3. The molecule has 28 heavy (non-hydrogen) atoms. The van der Waals surface area contributed by atoms with E-state index in [1.54, 1.807) is 12.1 Å². The van der Waals surface area contributed by atoms with E-state index in [1.165, 1.54) is 7.11 Å². The second-order valence-corrected chi connectivity index (χ2v) is 6.22. The molecule has 2 aromatic carbocycles. The van der Waals surface area contributed by atoms with Gasteiger partial charge in [0, 0.05) is 18.5 Å². The second-order valence-electron chi connectivity index (χ2n) is 5.81. The summed E-state index contributed by atoms with van der Waals surface area (Å²) in [4.78, 5) is 23.1. The molecule has 0 saturated heterocycles. The first-order valence-corrected chi connectivity index (χ1v) is 9.17. The molecule has 0 aliphatic heterocycles. The predicted molar refractivity (Wildman–Crippen MR) is 110 cm³/mol. The van der Waals surface area contributed by atoms with Crippen LogP contribution in [0.15, 0.2) is 54.6 Å². The molecule has 0 aliphatic rings. The van der Waals surface area contributed by atoms with Crippen LogP contribution in [0, 0.1) is 0 Å². The van der Waals surface area contributed by atoms with Crippen molar-refractivity contribution >= 4 is 29.2 Å². The number of hydrogen-bond acceptors (Lipinski definition) is 5. The van der Waals surface area contributed by atoms with E-state index in [0.717, 1.165) is 11.3 Å². The fourth-order valence-electron chi connectivity index (χ4n) is 2.20. The summed E-state index contributed by atoms with van der Waals surface area (Å²) in [6.07, 6.45) is 0.883. The average Bonchev–Trinajstić information content (AvgIpc) is 2.74. The first kappa shape index (κ1) is 21.2. The third kappa shape index (κ3) is 7.63. The Morgan fingerprint density at radius 3 is 2.39 bits per heavy atom. The van der Waals surface area contributed by atoms with Gasteiger partial charge in [0.25, 0.3) is 5.91 Å². The van der Waals surface area contributed by atoms with Crippen LogP contribution in [0.4, 0.5) is 0 Å². The Kier molecular flexibility index (Phi) is 8.74. The first-order valence-electron chi connectivity index (χ1n) is 8.76. The lowest BCUT2D eigenvalue weighted by atomic mass is 10.1. The maximum atomic E-state index is 12.1. The quantitative estimate of drug-likeness (QED) is 0.271. The van der Waals surface area contributed by atoms with E-state index in [0.29, 0.717) is 31.6 Å². The normalized spacial score (nSPS) is 9.89. The Morgan fingerprint density at radius 1 is 1.00 bits per heavy atom. The van der Waals surface area contributed by atoms with Gasteiger partial charge in [0.15, 0.2) is 5.11 Å². The van der Waals surface area contributed by atoms with Crippen LogP contribution in [-0.4, -0.2) is 30.6 Å². The minimum atomic E-state index is -0.311. The van der Waals surface area contributed by atoms with Gasteiger partial charge in [0.05, 0.1) is 7.11 Å². The molecule has 148 valence electrons. The van der Waals surface area contributed by atoms with Crippen LogP contribution in [0.3, 0.4) is 0 Å². The lowest BCUT2D eigenvalue weighted by molar-refractivity contribution is -0.140. The largest absolute Gasteiger partial charge is 0.489 e. The number of ether oxygens (including phenoxy) is 2. The molecule has 2 aromatic rings. The third-order valence-electron chi connectivity index (χ3n) is 3.73. The fourth-order valence-corrected chi connectivity index (χ4v) is 2.36. The molecule has 0 bridgehead atoms. The Bertz CT molecular complexity index is 782. The Labute approximate surface area is 169 Å². The molecule has 7 nitrogen and oxygen atoms in total. The molecular weight excluding hydrogens is 378 g/mol. The molecule has 0 saturated carbocycles. The Morgan fingerprint density at radius 2 is 1.71 bits per heavy atom. The lowest BCUT2D eigenvalue weighted by Gasteiger charge is -2.11. The fraction of sp³-hybridized carbons (Fsp3) is 0.250. The second kappa shape index (κ2) is 11.6. The van der Waals surface area contributed by atoms with Crippen LogP contribution in [0.25, 0.3) is 0 Å². The average molecular weight is 401 g/mol. The maximum absolute atomic E-state index is 12.1. The lowest BCUT2D eigenvalue weighted by Crippen LogP contribution is -2.47. The minimum Gasteiger partial charge on any atom is -0.489 e. The van der Waals surface area contributed by atoms with Crippen LogP contribution < -0.4 is 20.9 Å². The van der Waals surface area contributed by atoms with Crippen molar-refractivity contribution in [2.75, 3.05) is 13.7 Å². The number of para-hydroxylation sites is 1. The van der Waals surface area contributed by atoms with Crippen LogP contribution in [0.1, 0.15) is 28.8 Å². The van der Waals surface area contributed by atoms with E-state index < -0.39 is 0 Å². The van der Waals surface area contributed by atoms with Gasteiger partial charge in [-0.05, 0) is 48.5 Å². The van der Waals surface area contributed by atoms with Gasteiger partial charge in [-0.1, -0.05) is 30.3 Å². The van der Waals surface area contributed by atoms with Gasteiger partial charge >= 0.3 is 5.97 Å². The van der Waals surface area contributed by atoms with Gasteiger partial charge < -0.3 is 14.8 Å². The minimum absolute atomic E-state index is 0.270. The predicted octanol–water partition coefficient (Wildman–Crippen LogP) is 2.33. The monoisotopic (exact) mass is 401 g/mol. The molecule has 1 amide bonds. The summed E-state index contributed by atoms with van der Waals surface area (Å²) >= 11 is 5.06. The molecule has 3 N–H and O–H groups in total. The van der Waals surface area contributed by atoms with Crippen LogP contribution >= 0.6 is 12.2 Å². The van der Waals surface area contributed by atoms with E-state index in [2.05, 4.69) is 20.9 Å². The third-order valence-corrected chi connectivity index (χ3v) is 3.97. The number of carbonyl (C=O) groups excluding carboxylic acids is 2. The van der Waals surface area contributed by atoms with Gasteiger partial charge in [-0.2, -0.15) is 0 Å². The van der Waals surface area contributed by atoms with Gasteiger partial charge in [0.2, 0.25) is 0 Å². The summed E-state index contributed by atoms with van der Waals surface area (Å²) in [5.74, 6) is 0.210. The molecular formula is C20H23N3O4S. The molecule has 0 heterocycles. The molecule has 8 heteroatoms. The van der Waals surface area contributed by atoms with Crippen LogP contribution in [0.5, 0.6) is 5.75 Å². The van der Waals surface area contributed by atoms with E-state index in [9.17, 15) is 9.59 Å². The van der Waals surface area contributed by atoms with Crippen molar-refractivity contribution in [1.82, 2.24) is 16.2 Å². The standard InChI is InChI=1S/C20H23N3O4S/c1-26-18(24)8-5-13-21-20(28)23-22-19(25)16-11-9-15(10-12-16)14-27-17-6-3-2-4-7-17/h2-4,6-7,9-12H,5,8,13-14H2,1H3,(H,22,25)(H2,21,23,28). The highest BCUT2D eigenvalue weighted by Crippen LogP contribution is 2.12. The van der Waals surface area contributed by atoms with Crippen molar-refractivity contribution in [3.8, 4) is 5.75 Å². The molecule has 0 spiro atoms. The van der Waals surface area contributed by atoms with Crippen molar-refractivity contribution in [2.45, 2.75) is 19.4 Å². The first-order chi connectivity index (χ1) is 13.6.